The lowest BCUT2D eigenvalue weighted by Crippen LogP contribution is -2.13. The first-order valence-electron chi connectivity index (χ1n) is 6.89. The fraction of sp³-hybridized carbons (Fsp3) is 0.857. The normalized spacial score (nSPS) is 11.1. The molecule has 0 saturated heterocycles. The summed E-state index contributed by atoms with van der Waals surface area (Å²) in [5.41, 5.74) is 0. The van der Waals surface area contributed by atoms with Gasteiger partial charge in [0, 0.05) is 12.8 Å². The van der Waals surface area contributed by atoms with E-state index in [2.05, 4.69) is 13.8 Å². The Balaban J connectivity index is 0. The van der Waals surface area contributed by atoms with Gasteiger partial charge in [0.2, 0.25) is 0 Å². The molecule has 4 nitrogen and oxygen atoms in total. The first-order valence-corrected chi connectivity index (χ1v) is 6.89. The molecule has 0 saturated carbocycles. The van der Waals surface area contributed by atoms with Gasteiger partial charge in [0.1, 0.15) is 0 Å². The Kier molecular flexibility index (Phi) is 15.0. The van der Waals surface area contributed by atoms with E-state index < -0.39 is 5.97 Å². The van der Waals surface area contributed by atoms with E-state index in [1.165, 1.54) is 12.8 Å². The van der Waals surface area contributed by atoms with Gasteiger partial charge < -0.3 is 9.84 Å². The van der Waals surface area contributed by atoms with Crippen molar-refractivity contribution in [3.8, 4) is 0 Å². The molecule has 4 heteroatoms. The van der Waals surface area contributed by atoms with E-state index in [0.717, 1.165) is 6.42 Å². The van der Waals surface area contributed by atoms with Crippen LogP contribution in [-0.2, 0) is 14.3 Å². The molecule has 0 aliphatic carbocycles. The summed E-state index contributed by atoms with van der Waals surface area (Å²) in [7, 11) is 0. The molecule has 0 bridgehead atoms. The summed E-state index contributed by atoms with van der Waals surface area (Å²) in [4.78, 5) is 21.2. The Labute approximate surface area is 111 Å². The summed E-state index contributed by atoms with van der Waals surface area (Å²) >= 11 is 0. The molecule has 0 aromatic rings. The molecule has 0 aliphatic rings. The van der Waals surface area contributed by atoms with Crippen LogP contribution in [0.2, 0.25) is 0 Å². The summed E-state index contributed by atoms with van der Waals surface area (Å²) in [5.74, 6) is -1.05. The van der Waals surface area contributed by atoms with Gasteiger partial charge >= 0.3 is 11.9 Å². The summed E-state index contributed by atoms with van der Waals surface area (Å²) in [5, 5.41) is 8.35. The van der Waals surface area contributed by atoms with E-state index in [4.69, 9.17) is 9.84 Å². The Bertz CT molecular complexity index is 212. The van der Waals surface area contributed by atoms with Crippen molar-refractivity contribution >= 4 is 11.9 Å². The number of aliphatic carboxylic acids is 1. The maximum absolute atomic E-state index is 11.1. The molecule has 0 heterocycles. The molecule has 0 fully saturated rings. The number of unbranched alkanes of at least 4 members (excludes halogenated alkanes) is 2. The first kappa shape index (κ1) is 19.3. The molecule has 0 spiro atoms. The largest absolute Gasteiger partial charge is 0.481 e. The summed E-state index contributed by atoms with van der Waals surface area (Å²) in [6.07, 6.45) is 4.96. The van der Waals surface area contributed by atoms with Crippen LogP contribution in [0.1, 0.15) is 72.6 Å². The molecule has 0 radical (unpaired) electrons. The molecule has 18 heavy (non-hydrogen) atoms. The molecular formula is C14H28O4. The minimum Gasteiger partial charge on any atom is -0.481 e. The smallest absolute Gasteiger partial charge is 0.306 e. The van der Waals surface area contributed by atoms with E-state index in [9.17, 15) is 9.59 Å². The highest BCUT2D eigenvalue weighted by Gasteiger charge is 2.07. The molecule has 1 N–H and O–H groups in total. The second kappa shape index (κ2) is 14.0. The van der Waals surface area contributed by atoms with Gasteiger partial charge in [-0.15, -0.1) is 0 Å². The van der Waals surface area contributed by atoms with Crippen molar-refractivity contribution in [2.45, 2.75) is 78.7 Å². The molecule has 0 aliphatic heterocycles. The number of ether oxygens (including phenoxy) is 1. The molecule has 108 valence electrons. The quantitative estimate of drug-likeness (QED) is 0.533. The highest BCUT2D eigenvalue weighted by atomic mass is 16.5. The Morgan fingerprint density at radius 1 is 1.06 bits per heavy atom. The molecule has 0 aromatic heterocycles. The zero-order valence-corrected chi connectivity index (χ0v) is 12.2. The van der Waals surface area contributed by atoms with Crippen LogP contribution in [0.25, 0.3) is 0 Å². The minimum atomic E-state index is -0.819. The molecule has 0 rings (SSSR count). The van der Waals surface area contributed by atoms with Crippen molar-refractivity contribution in [3.63, 3.8) is 0 Å². The number of carboxylic acids is 1. The number of esters is 1. The Morgan fingerprint density at radius 3 is 1.94 bits per heavy atom. The predicted octanol–water partition coefficient (Wildman–Crippen LogP) is 3.78. The molecular weight excluding hydrogens is 232 g/mol. The molecule has 1 atom stereocenters. The van der Waals surface area contributed by atoms with Gasteiger partial charge in [-0.3, -0.25) is 9.59 Å². The van der Waals surface area contributed by atoms with Gasteiger partial charge in [-0.25, -0.2) is 0 Å². The SMILES string of the molecule is CCC(C)OC(=O)CCCCC(=O)O.CCCC. The van der Waals surface area contributed by atoms with Crippen molar-refractivity contribution in [2.75, 3.05) is 0 Å². The number of carbonyl (C=O) groups excluding carboxylic acids is 1. The van der Waals surface area contributed by atoms with E-state index in [-0.39, 0.29) is 18.5 Å². The van der Waals surface area contributed by atoms with Gasteiger partial charge in [0.05, 0.1) is 6.10 Å². The second-order valence-electron chi connectivity index (χ2n) is 4.31. The fourth-order valence-electron chi connectivity index (χ4n) is 0.912. The van der Waals surface area contributed by atoms with E-state index in [1.54, 1.807) is 0 Å². The third kappa shape index (κ3) is 17.3. The maximum Gasteiger partial charge on any atom is 0.306 e. The summed E-state index contributed by atoms with van der Waals surface area (Å²) < 4.78 is 5.02. The van der Waals surface area contributed by atoms with Gasteiger partial charge in [-0.05, 0) is 26.2 Å². The lowest BCUT2D eigenvalue weighted by molar-refractivity contribution is -0.148. The summed E-state index contributed by atoms with van der Waals surface area (Å²) in [6, 6.07) is 0. The first-order chi connectivity index (χ1) is 8.47. The minimum absolute atomic E-state index is 0.0398. The van der Waals surface area contributed by atoms with Crippen LogP contribution in [0.3, 0.4) is 0 Å². The maximum atomic E-state index is 11.1. The van der Waals surface area contributed by atoms with Crippen LogP contribution in [0.15, 0.2) is 0 Å². The van der Waals surface area contributed by atoms with Gasteiger partial charge in [0.25, 0.3) is 0 Å². The van der Waals surface area contributed by atoms with Crippen LogP contribution in [0, 0.1) is 0 Å². The van der Waals surface area contributed by atoms with Gasteiger partial charge in [-0.2, -0.15) is 0 Å². The van der Waals surface area contributed by atoms with Crippen LogP contribution in [-0.4, -0.2) is 23.1 Å². The van der Waals surface area contributed by atoms with Gasteiger partial charge in [-0.1, -0.05) is 33.6 Å². The zero-order valence-electron chi connectivity index (χ0n) is 12.2. The van der Waals surface area contributed by atoms with Gasteiger partial charge in [0.15, 0.2) is 0 Å². The second-order valence-corrected chi connectivity index (χ2v) is 4.31. The highest BCUT2D eigenvalue weighted by Crippen LogP contribution is 2.04. The van der Waals surface area contributed by atoms with Crippen LogP contribution in [0.4, 0.5) is 0 Å². The highest BCUT2D eigenvalue weighted by molar-refractivity contribution is 5.69. The van der Waals surface area contributed by atoms with Crippen molar-refractivity contribution in [3.05, 3.63) is 0 Å². The average Bonchev–Trinajstić information content (AvgIpc) is 2.34. The van der Waals surface area contributed by atoms with E-state index >= 15 is 0 Å². The Morgan fingerprint density at radius 2 is 1.56 bits per heavy atom. The monoisotopic (exact) mass is 260 g/mol. The number of rotatable bonds is 8. The zero-order chi connectivity index (χ0) is 14.4. The van der Waals surface area contributed by atoms with E-state index in [1.807, 2.05) is 13.8 Å². The predicted molar refractivity (Wildman–Crippen MR) is 72.5 cm³/mol. The summed E-state index contributed by atoms with van der Waals surface area (Å²) in [6.45, 7) is 8.15. The van der Waals surface area contributed by atoms with Crippen LogP contribution >= 0.6 is 0 Å². The lowest BCUT2D eigenvalue weighted by Gasteiger charge is -2.10. The number of hydrogen-bond donors (Lipinski definition) is 1. The fourth-order valence-corrected chi connectivity index (χ4v) is 0.912. The molecule has 0 amide bonds. The average molecular weight is 260 g/mol. The van der Waals surface area contributed by atoms with E-state index in [0.29, 0.717) is 19.3 Å². The number of carbonyl (C=O) groups is 2. The standard InChI is InChI=1S/C10H18O4.C4H10/c1-3-8(2)14-10(13)7-5-4-6-9(11)12;1-3-4-2/h8H,3-7H2,1-2H3,(H,11,12);3-4H2,1-2H3. The molecule has 0 aromatic carbocycles. The number of carboxylic acid groups (broad SMARTS) is 1. The van der Waals surface area contributed by atoms with Crippen LogP contribution in [0.5, 0.6) is 0 Å². The third-order valence-corrected chi connectivity index (χ3v) is 2.43. The number of hydrogen-bond acceptors (Lipinski definition) is 3. The Hall–Kier alpha value is -1.06. The topological polar surface area (TPSA) is 63.6 Å². The van der Waals surface area contributed by atoms with Crippen molar-refractivity contribution in [1.82, 2.24) is 0 Å². The van der Waals surface area contributed by atoms with Crippen molar-refractivity contribution in [2.24, 2.45) is 0 Å². The van der Waals surface area contributed by atoms with Crippen molar-refractivity contribution in [1.29, 1.82) is 0 Å². The van der Waals surface area contributed by atoms with Crippen molar-refractivity contribution < 1.29 is 19.4 Å². The molecule has 1 unspecified atom stereocenters. The van der Waals surface area contributed by atoms with Crippen LogP contribution < -0.4 is 0 Å². The third-order valence-electron chi connectivity index (χ3n) is 2.43. The lowest BCUT2D eigenvalue weighted by atomic mass is 10.2.